The summed E-state index contributed by atoms with van der Waals surface area (Å²) in [4.78, 5) is 33.7. The highest BCUT2D eigenvalue weighted by atomic mass is 32.2. The third-order valence-corrected chi connectivity index (χ3v) is 11.0. The summed E-state index contributed by atoms with van der Waals surface area (Å²) in [7, 11) is 0. The number of hydrogen-bond donors (Lipinski definition) is 4. The first-order chi connectivity index (χ1) is 22.7. The van der Waals surface area contributed by atoms with Gasteiger partial charge in [-0.15, -0.1) is 23.5 Å². The number of pyridine rings is 1. The van der Waals surface area contributed by atoms with Crippen LogP contribution in [0.1, 0.15) is 26.7 Å². The second-order valence-electron chi connectivity index (χ2n) is 12.1. The maximum Gasteiger partial charge on any atom is 0.307 e. The van der Waals surface area contributed by atoms with E-state index in [2.05, 4.69) is 16.4 Å². The molecule has 47 heavy (non-hydrogen) atoms. The fourth-order valence-corrected chi connectivity index (χ4v) is 8.34. The molecule has 0 bridgehead atoms. The third-order valence-electron chi connectivity index (χ3n) is 8.98. The molecular formula is C34H45N3O8S2. The molecule has 4 N–H and O–H groups in total. The lowest BCUT2D eigenvalue weighted by Crippen LogP contribution is -2.65. The van der Waals surface area contributed by atoms with Gasteiger partial charge in [0.15, 0.2) is 0 Å². The van der Waals surface area contributed by atoms with Gasteiger partial charge < -0.3 is 34.8 Å². The molecule has 256 valence electrons. The minimum Gasteiger partial charge on any atom is -0.466 e. The van der Waals surface area contributed by atoms with Gasteiger partial charge >= 0.3 is 5.97 Å². The van der Waals surface area contributed by atoms with E-state index in [1.54, 1.807) is 25.6 Å². The second-order valence-corrected chi connectivity index (χ2v) is 14.4. The Labute approximate surface area is 284 Å². The highest BCUT2D eigenvalue weighted by Crippen LogP contribution is 2.36. The molecule has 2 aromatic rings. The highest BCUT2D eigenvalue weighted by molar-refractivity contribution is 8.00. The predicted octanol–water partition coefficient (Wildman–Crippen LogP) is 2.48. The van der Waals surface area contributed by atoms with Gasteiger partial charge in [0.25, 0.3) is 0 Å². The zero-order valence-electron chi connectivity index (χ0n) is 26.9. The van der Waals surface area contributed by atoms with Crippen molar-refractivity contribution in [2.75, 3.05) is 32.6 Å². The van der Waals surface area contributed by atoms with Gasteiger partial charge in [-0.1, -0.05) is 37.3 Å². The molecule has 11 nitrogen and oxygen atoms in total. The number of carbonyl (C=O) groups excluding carboxylic acids is 2. The molecule has 2 fully saturated rings. The number of benzene rings is 1. The molecule has 1 amide bonds. The number of thioether (sulfide) groups is 2. The molecule has 3 aliphatic rings. The number of likely N-dealkylation sites (tertiary alicyclic amines) is 1. The zero-order valence-corrected chi connectivity index (χ0v) is 28.5. The normalized spacial score (nSPS) is 30.6. The monoisotopic (exact) mass is 687 g/mol. The number of ether oxygens (including phenoxy) is 3. The summed E-state index contributed by atoms with van der Waals surface area (Å²) in [5.74, 6) is -0.583. The van der Waals surface area contributed by atoms with Crippen molar-refractivity contribution < 1.29 is 39.1 Å². The summed E-state index contributed by atoms with van der Waals surface area (Å²) in [5.41, 5.74) is 1.21. The number of aliphatic hydroxyl groups excluding tert-OH is 3. The fourth-order valence-electron chi connectivity index (χ4n) is 6.57. The molecule has 10 atom stereocenters. The van der Waals surface area contributed by atoms with Gasteiger partial charge in [0.1, 0.15) is 35.9 Å². The van der Waals surface area contributed by atoms with Crippen LogP contribution in [0.15, 0.2) is 65.8 Å². The molecule has 4 heterocycles. The van der Waals surface area contributed by atoms with Gasteiger partial charge in [-0.25, -0.2) is 0 Å². The summed E-state index contributed by atoms with van der Waals surface area (Å²) in [5, 5.41) is 35.4. The van der Waals surface area contributed by atoms with Gasteiger partial charge in [-0.05, 0) is 48.9 Å². The van der Waals surface area contributed by atoms with E-state index in [0.29, 0.717) is 19.7 Å². The predicted molar refractivity (Wildman–Crippen MR) is 181 cm³/mol. The summed E-state index contributed by atoms with van der Waals surface area (Å²) in [6.45, 7) is 5.27. The number of esters is 1. The smallest absolute Gasteiger partial charge is 0.307 e. The van der Waals surface area contributed by atoms with Gasteiger partial charge in [0, 0.05) is 41.5 Å². The number of aromatic nitrogens is 1. The Morgan fingerprint density at radius 3 is 2.60 bits per heavy atom. The number of aliphatic hydroxyl groups is 3. The Bertz CT molecular complexity index is 1350. The number of allylic oxidation sites excluding steroid dienone is 1. The first-order valence-electron chi connectivity index (χ1n) is 16.1. The van der Waals surface area contributed by atoms with Gasteiger partial charge in [0.05, 0.1) is 31.8 Å². The van der Waals surface area contributed by atoms with E-state index < -0.39 is 48.0 Å². The van der Waals surface area contributed by atoms with Crippen LogP contribution in [0.3, 0.4) is 0 Å². The van der Waals surface area contributed by atoms with Crippen LogP contribution in [0.2, 0.25) is 0 Å². The Hall–Kier alpha value is -2.49. The minimum absolute atomic E-state index is 0.0598. The molecular weight excluding hydrogens is 643 g/mol. The number of nitrogens with zero attached hydrogens (tertiary/aromatic N) is 2. The minimum atomic E-state index is -1.46. The largest absolute Gasteiger partial charge is 0.466 e. The molecule has 0 spiro atoms. The molecule has 0 aliphatic carbocycles. The van der Waals surface area contributed by atoms with Crippen molar-refractivity contribution in [3.63, 3.8) is 0 Å². The van der Waals surface area contributed by atoms with E-state index >= 15 is 0 Å². The average Bonchev–Trinajstić information content (AvgIpc) is 3.27. The molecule has 1 aromatic carbocycles. The van der Waals surface area contributed by atoms with Gasteiger partial charge in [-0.2, -0.15) is 0 Å². The first-order valence-corrected chi connectivity index (χ1v) is 18.2. The van der Waals surface area contributed by atoms with Crippen LogP contribution in [-0.4, -0.2) is 123 Å². The van der Waals surface area contributed by atoms with Crippen molar-refractivity contribution in [3.05, 3.63) is 60.9 Å². The van der Waals surface area contributed by atoms with Crippen LogP contribution in [-0.2, 0) is 23.8 Å². The van der Waals surface area contributed by atoms with Crippen molar-refractivity contribution in [3.8, 4) is 11.1 Å². The molecule has 5 rings (SSSR count). The van der Waals surface area contributed by atoms with E-state index in [0.717, 1.165) is 22.4 Å². The topological polar surface area (TPSA) is 151 Å². The number of fused-ring (bicyclic) bond motifs is 1. The lowest BCUT2D eigenvalue weighted by Gasteiger charge is -2.45. The number of carbonyl (C=O) groups is 2. The van der Waals surface area contributed by atoms with Crippen LogP contribution in [0.5, 0.6) is 0 Å². The first kappa shape index (κ1) is 35.8. The van der Waals surface area contributed by atoms with Gasteiger partial charge in [-0.3, -0.25) is 19.5 Å². The van der Waals surface area contributed by atoms with Crippen molar-refractivity contribution >= 4 is 35.4 Å². The molecule has 3 unspecified atom stereocenters. The molecule has 2 saturated heterocycles. The van der Waals surface area contributed by atoms with Crippen molar-refractivity contribution in [2.45, 2.75) is 84.9 Å². The lowest BCUT2D eigenvalue weighted by atomic mass is 9.92. The molecule has 13 heteroatoms. The quantitative estimate of drug-likeness (QED) is 0.148. The average molecular weight is 688 g/mol. The summed E-state index contributed by atoms with van der Waals surface area (Å²) >= 11 is 2.73. The van der Waals surface area contributed by atoms with Crippen LogP contribution < -0.4 is 5.32 Å². The van der Waals surface area contributed by atoms with Crippen LogP contribution in [0.4, 0.5) is 0 Å². The van der Waals surface area contributed by atoms with E-state index in [4.69, 9.17) is 14.2 Å². The lowest BCUT2D eigenvalue weighted by molar-refractivity contribution is -0.205. The SMILES string of the molecule is CCOC(=O)CCN1C[C@@H]2CC=CCO[C@H]2[C@H]1C(=O)N[C@H]([C@H](C)Sc1ccc(-c2cccnc2)cc1)[C@H]1OC(SC)[C@H](O)C(O)C1O. The van der Waals surface area contributed by atoms with Crippen LogP contribution in [0, 0.1) is 5.92 Å². The Morgan fingerprint density at radius 1 is 1.11 bits per heavy atom. The van der Waals surface area contributed by atoms with E-state index in [1.807, 2.05) is 54.3 Å². The second kappa shape index (κ2) is 16.8. The number of nitrogens with one attached hydrogen (secondary N) is 1. The Balaban J connectivity index is 1.40. The van der Waals surface area contributed by atoms with Crippen molar-refractivity contribution in [2.24, 2.45) is 5.92 Å². The van der Waals surface area contributed by atoms with Gasteiger partial charge in [0.2, 0.25) is 5.91 Å². The number of rotatable bonds is 12. The summed E-state index contributed by atoms with van der Waals surface area (Å²) in [6, 6.07) is 10.4. The zero-order chi connectivity index (χ0) is 33.5. The fraction of sp³-hybridized carbons (Fsp3) is 0.559. The number of amides is 1. The van der Waals surface area contributed by atoms with Crippen LogP contribution in [0.25, 0.3) is 11.1 Å². The maximum absolute atomic E-state index is 14.4. The molecule has 3 aliphatic heterocycles. The molecule has 1 aromatic heterocycles. The van der Waals surface area contributed by atoms with Crippen molar-refractivity contribution in [1.82, 2.24) is 15.2 Å². The van der Waals surface area contributed by atoms with E-state index in [-0.39, 0.29) is 36.1 Å². The highest BCUT2D eigenvalue weighted by Gasteiger charge is 2.51. The Kier molecular flexibility index (Phi) is 12.8. The van der Waals surface area contributed by atoms with E-state index in [9.17, 15) is 24.9 Å². The summed E-state index contributed by atoms with van der Waals surface area (Å²) in [6.07, 6.45) is 4.56. The molecule has 0 radical (unpaired) electrons. The standard InChI is InChI=1S/C34H45N3O8S2/c1-4-43-25(38)14-16-37-19-23-8-5-6-17-44-31(23)27(37)33(42)36-26(32-29(40)28(39)30(41)34(45-32)46-3)20(2)47-24-12-10-21(11-13-24)22-9-7-15-35-18-22/h5-7,9-13,15,18,20,23,26-32,34,39-41H,4,8,14,16-17,19H2,1-3H3,(H,36,42)/t20-,23-,26+,27-,28?,29?,30+,31+,32+,34?/m0/s1. The summed E-state index contributed by atoms with van der Waals surface area (Å²) < 4.78 is 17.5. The Morgan fingerprint density at radius 2 is 1.89 bits per heavy atom. The molecule has 0 saturated carbocycles. The van der Waals surface area contributed by atoms with Crippen molar-refractivity contribution in [1.29, 1.82) is 0 Å². The van der Waals surface area contributed by atoms with Crippen LogP contribution >= 0.6 is 23.5 Å². The third kappa shape index (κ3) is 8.57. The van der Waals surface area contributed by atoms with E-state index in [1.165, 1.54) is 23.5 Å². The number of hydrogen-bond acceptors (Lipinski definition) is 12. The maximum atomic E-state index is 14.4.